The van der Waals surface area contributed by atoms with Crippen molar-refractivity contribution in [2.45, 2.75) is 24.8 Å². The second kappa shape index (κ2) is 7.46. The minimum atomic E-state index is -1.03. The Kier molecular flexibility index (Phi) is 5.28. The Bertz CT molecular complexity index is 881. The normalized spacial score (nSPS) is 14.7. The molecule has 1 aliphatic heterocycles. The Morgan fingerprint density at radius 3 is 2.81 bits per heavy atom. The van der Waals surface area contributed by atoms with Gasteiger partial charge < -0.3 is 15.3 Å². The molecule has 1 aromatic carbocycles. The van der Waals surface area contributed by atoms with Gasteiger partial charge in [-0.1, -0.05) is 12.1 Å². The summed E-state index contributed by atoms with van der Waals surface area (Å²) in [6, 6.07) is 7.03. The van der Waals surface area contributed by atoms with Crippen LogP contribution in [0, 0.1) is 6.92 Å². The molecule has 9 heteroatoms. The molecule has 1 aliphatic rings. The quantitative estimate of drug-likeness (QED) is 0.812. The minimum absolute atomic E-state index is 0.0864. The molecule has 2 heterocycles. The number of fused-ring (bicyclic) bond motifs is 1. The fourth-order valence-electron chi connectivity index (χ4n) is 2.62. The van der Waals surface area contributed by atoms with Gasteiger partial charge in [0.15, 0.2) is 0 Å². The molecule has 0 radical (unpaired) electrons. The summed E-state index contributed by atoms with van der Waals surface area (Å²) in [6.07, 6.45) is 0. The molecule has 2 amide bonds. The molecule has 1 unspecified atom stereocenters. The van der Waals surface area contributed by atoms with Crippen molar-refractivity contribution in [3.8, 4) is 0 Å². The molecule has 136 valence electrons. The lowest BCUT2D eigenvalue weighted by Gasteiger charge is -2.28. The van der Waals surface area contributed by atoms with Gasteiger partial charge in [0.05, 0.1) is 23.2 Å². The lowest BCUT2D eigenvalue weighted by atomic mass is 10.2. The number of thioether (sulfide) groups is 1. The number of aromatic nitrogens is 1. The number of aryl methyl sites for hydroxylation is 1. The number of amides is 2. The second-order valence-electron chi connectivity index (χ2n) is 5.80. The summed E-state index contributed by atoms with van der Waals surface area (Å²) < 4.78 is 0. The van der Waals surface area contributed by atoms with E-state index in [0.29, 0.717) is 16.5 Å². The number of thiazole rings is 1. The molecular formula is C17H17N3O4S2. The number of hydrogen-bond donors (Lipinski definition) is 2. The van der Waals surface area contributed by atoms with E-state index in [2.05, 4.69) is 10.3 Å². The van der Waals surface area contributed by atoms with E-state index in [1.807, 2.05) is 24.3 Å². The van der Waals surface area contributed by atoms with Crippen molar-refractivity contribution in [1.29, 1.82) is 0 Å². The maximum Gasteiger partial charge on any atom is 0.347 e. The number of para-hydroxylation sites is 1. The molecule has 0 spiro atoms. The van der Waals surface area contributed by atoms with Crippen molar-refractivity contribution >= 4 is 46.6 Å². The number of rotatable bonds is 5. The molecule has 0 aliphatic carbocycles. The van der Waals surface area contributed by atoms with Gasteiger partial charge in [-0.3, -0.25) is 9.59 Å². The van der Waals surface area contributed by atoms with Gasteiger partial charge in [0.1, 0.15) is 16.4 Å². The van der Waals surface area contributed by atoms with Gasteiger partial charge in [0.2, 0.25) is 11.8 Å². The number of carboxylic acids is 1. The molecule has 3 rings (SSSR count). The molecule has 2 N–H and O–H groups in total. The number of carbonyl (C=O) groups excluding carboxylic acids is 2. The first-order valence-corrected chi connectivity index (χ1v) is 9.69. The number of anilines is 1. The fourth-order valence-corrected chi connectivity index (χ4v) is 4.46. The summed E-state index contributed by atoms with van der Waals surface area (Å²) in [5.74, 6) is -1.17. The van der Waals surface area contributed by atoms with Gasteiger partial charge in [0, 0.05) is 4.90 Å². The number of carboxylic acid groups (broad SMARTS) is 1. The highest BCUT2D eigenvalue weighted by atomic mass is 32.2. The predicted molar refractivity (Wildman–Crippen MR) is 99.9 cm³/mol. The van der Waals surface area contributed by atoms with Crippen LogP contribution in [0.4, 0.5) is 5.69 Å². The molecule has 1 atom stereocenters. The molecule has 7 nitrogen and oxygen atoms in total. The maximum absolute atomic E-state index is 12.4. The third-order valence-electron chi connectivity index (χ3n) is 3.87. The Labute approximate surface area is 158 Å². The van der Waals surface area contributed by atoms with Crippen molar-refractivity contribution < 1.29 is 19.5 Å². The van der Waals surface area contributed by atoms with E-state index in [4.69, 9.17) is 5.11 Å². The van der Waals surface area contributed by atoms with Gasteiger partial charge in [-0.25, -0.2) is 9.78 Å². The summed E-state index contributed by atoms with van der Waals surface area (Å²) in [5, 5.41) is 12.4. The number of nitrogens with zero attached hydrogens (tertiary/aromatic N) is 2. The average Bonchev–Trinajstić information content (AvgIpc) is 3.00. The van der Waals surface area contributed by atoms with Crippen LogP contribution in [-0.4, -0.2) is 40.2 Å². The van der Waals surface area contributed by atoms with Crippen molar-refractivity contribution in [3.05, 3.63) is 39.8 Å². The molecule has 0 fully saturated rings. The van der Waals surface area contributed by atoms with Crippen LogP contribution in [0.3, 0.4) is 0 Å². The Balaban J connectivity index is 1.70. The van der Waals surface area contributed by atoms with Gasteiger partial charge in [-0.2, -0.15) is 0 Å². The average molecular weight is 391 g/mol. The zero-order chi connectivity index (χ0) is 18.8. The molecule has 26 heavy (non-hydrogen) atoms. The summed E-state index contributed by atoms with van der Waals surface area (Å²) in [7, 11) is 0. The fraction of sp³-hybridized carbons (Fsp3) is 0.294. The summed E-state index contributed by atoms with van der Waals surface area (Å²) in [4.78, 5) is 42.6. The first kappa shape index (κ1) is 18.4. The van der Waals surface area contributed by atoms with Crippen LogP contribution in [0.1, 0.15) is 33.3 Å². The van der Waals surface area contributed by atoms with Crippen molar-refractivity contribution in [3.63, 3.8) is 0 Å². The lowest BCUT2D eigenvalue weighted by Crippen LogP contribution is -2.43. The lowest BCUT2D eigenvalue weighted by molar-refractivity contribution is -0.123. The van der Waals surface area contributed by atoms with E-state index in [1.165, 1.54) is 16.7 Å². The number of aromatic carboxylic acids is 1. The van der Waals surface area contributed by atoms with Gasteiger partial charge in [-0.05, 0) is 26.0 Å². The topological polar surface area (TPSA) is 99.6 Å². The minimum Gasteiger partial charge on any atom is -0.477 e. The Morgan fingerprint density at radius 1 is 1.38 bits per heavy atom. The zero-order valence-electron chi connectivity index (χ0n) is 14.2. The Hall–Kier alpha value is -2.39. The van der Waals surface area contributed by atoms with Crippen LogP contribution in [0.25, 0.3) is 0 Å². The highest BCUT2D eigenvalue weighted by Gasteiger charge is 2.27. The van der Waals surface area contributed by atoms with E-state index >= 15 is 0 Å². The number of hydrogen-bond acceptors (Lipinski definition) is 6. The van der Waals surface area contributed by atoms with E-state index in [0.717, 1.165) is 21.9 Å². The molecule has 1 aromatic heterocycles. The van der Waals surface area contributed by atoms with E-state index in [-0.39, 0.29) is 23.2 Å². The van der Waals surface area contributed by atoms with Gasteiger partial charge in [0.25, 0.3) is 0 Å². The smallest absolute Gasteiger partial charge is 0.347 e. The van der Waals surface area contributed by atoms with E-state index in [9.17, 15) is 14.4 Å². The molecule has 0 saturated carbocycles. The maximum atomic E-state index is 12.4. The second-order valence-corrected chi connectivity index (χ2v) is 7.85. The number of carbonyl (C=O) groups is 3. The van der Waals surface area contributed by atoms with Crippen LogP contribution < -0.4 is 10.2 Å². The molecule has 0 saturated heterocycles. The van der Waals surface area contributed by atoms with Gasteiger partial charge >= 0.3 is 5.97 Å². The summed E-state index contributed by atoms with van der Waals surface area (Å²) in [6.45, 7) is 3.28. The summed E-state index contributed by atoms with van der Waals surface area (Å²) >= 11 is 2.50. The monoisotopic (exact) mass is 391 g/mol. The van der Waals surface area contributed by atoms with E-state index < -0.39 is 12.0 Å². The van der Waals surface area contributed by atoms with Crippen LogP contribution >= 0.6 is 23.1 Å². The third-order valence-corrected chi connectivity index (χ3v) is 6.24. The van der Waals surface area contributed by atoms with Crippen molar-refractivity contribution in [1.82, 2.24) is 10.3 Å². The molecule has 2 aromatic rings. The number of nitrogens with one attached hydrogen (secondary N) is 1. The van der Waals surface area contributed by atoms with Crippen molar-refractivity contribution in [2.24, 2.45) is 0 Å². The molecule has 0 bridgehead atoms. The highest BCUT2D eigenvalue weighted by molar-refractivity contribution is 8.00. The van der Waals surface area contributed by atoms with Crippen LogP contribution in [0.5, 0.6) is 0 Å². The van der Waals surface area contributed by atoms with Gasteiger partial charge in [-0.15, -0.1) is 23.1 Å². The van der Waals surface area contributed by atoms with Crippen molar-refractivity contribution in [2.75, 3.05) is 17.2 Å². The van der Waals surface area contributed by atoms with Crippen LogP contribution in [0.2, 0.25) is 0 Å². The first-order chi connectivity index (χ1) is 12.4. The SMILES string of the molecule is Cc1nc(C(C)NC(=O)CN2C(=O)CSc3ccccc32)sc1C(=O)O. The van der Waals surface area contributed by atoms with E-state index in [1.54, 1.807) is 13.8 Å². The Morgan fingerprint density at radius 2 is 2.12 bits per heavy atom. The highest BCUT2D eigenvalue weighted by Crippen LogP contribution is 2.34. The third kappa shape index (κ3) is 3.73. The summed E-state index contributed by atoms with van der Waals surface area (Å²) in [5.41, 5.74) is 1.16. The van der Waals surface area contributed by atoms with Crippen LogP contribution in [0.15, 0.2) is 29.2 Å². The predicted octanol–water partition coefficient (Wildman–Crippen LogP) is 2.47. The standard InChI is InChI=1S/C17H17N3O4S2/c1-9-15(17(23)24)26-16(19-9)10(2)18-13(21)7-20-11-5-3-4-6-12(11)25-8-14(20)22/h3-6,10H,7-8H2,1-2H3,(H,18,21)(H,23,24). The zero-order valence-corrected chi connectivity index (χ0v) is 15.8. The first-order valence-electron chi connectivity index (χ1n) is 7.89. The van der Waals surface area contributed by atoms with Crippen LogP contribution in [-0.2, 0) is 9.59 Å². The largest absolute Gasteiger partial charge is 0.477 e. The number of benzene rings is 1. The molecular weight excluding hydrogens is 374 g/mol.